The van der Waals surface area contributed by atoms with Crippen molar-refractivity contribution < 1.29 is 4.74 Å². The largest absolute Gasteiger partial charge is 0.375 e. The lowest BCUT2D eigenvalue weighted by Gasteiger charge is -2.22. The normalized spacial score (nSPS) is 20.9. The fourth-order valence-electron chi connectivity index (χ4n) is 1.85. The van der Waals surface area contributed by atoms with Gasteiger partial charge >= 0.3 is 0 Å². The number of rotatable bonds is 4. The maximum Gasteiger partial charge on any atom is 0.222 e. The van der Waals surface area contributed by atoms with E-state index in [2.05, 4.69) is 15.3 Å². The highest BCUT2D eigenvalue weighted by Crippen LogP contribution is 2.11. The second kappa shape index (κ2) is 6.13. The third-order valence-electron chi connectivity index (χ3n) is 2.69. The van der Waals surface area contributed by atoms with Gasteiger partial charge in [0.05, 0.1) is 18.9 Å². The van der Waals surface area contributed by atoms with E-state index in [4.69, 9.17) is 16.3 Å². The summed E-state index contributed by atoms with van der Waals surface area (Å²) in [5.41, 5.74) is 0.837. The van der Waals surface area contributed by atoms with Crippen molar-refractivity contribution in [2.75, 3.05) is 19.7 Å². The van der Waals surface area contributed by atoms with Crippen LogP contribution in [0.5, 0.6) is 0 Å². The summed E-state index contributed by atoms with van der Waals surface area (Å²) in [5, 5.41) is 3.64. The van der Waals surface area contributed by atoms with Crippen molar-refractivity contribution >= 4 is 11.6 Å². The summed E-state index contributed by atoms with van der Waals surface area (Å²) in [6, 6.07) is 1.82. The van der Waals surface area contributed by atoms with E-state index in [0.29, 0.717) is 12.5 Å². The summed E-state index contributed by atoms with van der Waals surface area (Å²) in [5.74, 6) is 0.631. The van der Waals surface area contributed by atoms with E-state index >= 15 is 0 Å². The molecule has 0 amide bonds. The van der Waals surface area contributed by atoms with E-state index in [-0.39, 0.29) is 5.28 Å². The predicted molar refractivity (Wildman–Crippen MR) is 62.3 cm³/mol. The molecule has 1 aromatic heterocycles. The van der Waals surface area contributed by atoms with Crippen molar-refractivity contribution in [3.8, 4) is 0 Å². The molecule has 1 fully saturated rings. The van der Waals surface area contributed by atoms with Gasteiger partial charge < -0.3 is 10.1 Å². The van der Waals surface area contributed by atoms with E-state index in [1.807, 2.05) is 6.07 Å². The minimum Gasteiger partial charge on any atom is -0.375 e. The van der Waals surface area contributed by atoms with Crippen LogP contribution in [-0.2, 0) is 11.3 Å². The summed E-state index contributed by atoms with van der Waals surface area (Å²) in [6.07, 6.45) is 4.14. The lowest BCUT2D eigenvalue weighted by Crippen LogP contribution is -2.32. The standard InChI is InChI=1S/C11H16ClN3O/c12-11-14-5-3-10(15-11)8-16-7-9-2-1-4-13-6-9/h3,5,9,13H,1-2,4,6-8H2/t9-/m0/s1. The minimum atomic E-state index is 0.278. The van der Waals surface area contributed by atoms with Crippen LogP contribution >= 0.6 is 11.6 Å². The number of halogens is 1. The van der Waals surface area contributed by atoms with Gasteiger partial charge in [0.25, 0.3) is 0 Å². The van der Waals surface area contributed by atoms with Crippen molar-refractivity contribution in [1.29, 1.82) is 0 Å². The number of nitrogens with zero attached hydrogens (tertiary/aromatic N) is 2. The van der Waals surface area contributed by atoms with Crippen molar-refractivity contribution in [2.45, 2.75) is 19.4 Å². The molecule has 5 heteroatoms. The third kappa shape index (κ3) is 3.70. The van der Waals surface area contributed by atoms with E-state index in [9.17, 15) is 0 Å². The van der Waals surface area contributed by atoms with E-state index < -0.39 is 0 Å². The van der Waals surface area contributed by atoms with Crippen molar-refractivity contribution in [1.82, 2.24) is 15.3 Å². The lowest BCUT2D eigenvalue weighted by atomic mass is 10.0. The zero-order valence-corrected chi connectivity index (χ0v) is 9.91. The Morgan fingerprint density at radius 1 is 1.56 bits per heavy atom. The van der Waals surface area contributed by atoms with Gasteiger partial charge in [0.15, 0.2) is 0 Å². The first kappa shape index (κ1) is 11.8. The van der Waals surface area contributed by atoms with Crippen LogP contribution in [0.15, 0.2) is 12.3 Å². The second-order valence-electron chi connectivity index (χ2n) is 4.04. The molecule has 1 N–H and O–H groups in total. The fraction of sp³-hybridized carbons (Fsp3) is 0.636. The van der Waals surface area contributed by atoms with Gasteiger partial charge in [-0.1, -0.05) is 0 Å². The van der Waals surface area contributed by atoms with Crippen LogP contribution in [0.25, 0.3) is 0 Å². The van der Waals surface area contributed by atoms with Gasteiger partial charge in [-0.05, 0) is 43.0 Å². The molecule has 0 bridgehead atoms. The highest BCUT2D eigenvalue weighted by atomic mass is 35.5. The number of hydrogen-bond donors (Lipinski definition) is 1. The number of nitrogens with one attached hydrogen (secondary N) is 1. The Hall–Kier alpha value is -0.710. The van der Waals surface area contributed by atoms with Crippen LogP contribution in [0.3, 0.4) is 0 Å². The molecular weight excluding hydrogens is 226 g/mol. The van der Waals surface area contributed by atoms with Crippen LogP contribution in [0.4, 0.5) is 0 Å². The van der Waals surface area contributed by atoms with Crippen LogP contribution in [0, 0.1) is 5.92 Å². The maximum atomic E-state index is 5.68. The molecule has 0 aromatic carbocycles. The quantitative estimate of drug-likeness (QED) is 0.815. The van der Waals surface area contributed by atoms with E-state index in [1.165, 1.54) is 12.8 Å². The molecule has 1 aliphatic rings. The number of aromatic nitrogens is 2. The van der Waals surface area contributed by atoms with Gasteiger partial charge in [-0.2, -0.15) is 0 Å². The molecule has 0 spiro atoms. The molecule has 1 saturated heterocycles. The molecule has 4 nitrogen and oxygen atoms in total. The molecule has 2 heterocycles. The zero-order valence-electron chi connectivity index (χ0n) is 9.16. The van der Waals surface area contributed by atoms with Gasteiger partial charge in [0.2, 0.25) is 5.28 Å². The predicted octanol–water partition coefficient (Wildman–Crippen LogP) is 1.65. The van der Waals surface area contributed by atoms with Crippen molar-refractivity contribution in [2.24, 2.45) is 5.92 Å². The molecule has 0 saturated carbocycles. The van der Waals surface area contributed by atoms with Gasteiger partial charge in [-0.3, -0.25) is 0 Å². The Balaban J connectivity index is 1.71. The Morgan fingerprint density at radius 3 is 3.25 bits per heavy atom. The first-order chi connectivity index (χ1) is 7.84. The van der Waals surface area contributed by atoms with Gasteiger partial charge in [-0.15, -0.1) is 0 Å². The summed E-state index contributed by atoms with van der Waals surface area (Å²) >= 11 is 5.68. The van der Waals surface area contributed by atoms with Crippen LogP contribution < -0.4 is 5.32 Å². The second-order valence-corrected chi connectivity index (χ2v) is 4.38. The number of piperidine rings is 1. The van der Waals surface area contributed by atoms with Crippen LogP contribution in [0.2, 0.25) is 5.28 Å². The number of hydrogen-bond acceptors (Lipinski definition) is 4. The fourth-order valence-corrected chi connectivity index (χ4v) is 2.01. The van der Waals surface area contributed by atoms with E-state index in [0.717, 1.165) is 25.4 Å². The zero-order chi connectivity index (χ0) is 11.2. The van der Waals surface area contributed by atoms with Gasteiger partial charge in [0, 0.05) is 12.7 Å². The molecule has 1 atom stereocenters. The summed E-state index contributed by atoms with van der Waals surface area (Å²) < 4.78 is 5.63. The first-order valence-corrected chi connectivity index (χ1v) is 5.98. The monoisotopic (exact) mass is 241 g/mol. The SMILES string of the molecule is Clc1nccc(COC[C@H]2CCCNC2)n1. The summed E-state index contributed by atoms with van der Waals surface area (Å²) in [6.45, 7) is 3.50. The molecular formula is C11H16ClN3O. The first-order valence-electron chi connectivity index (χ1n) is 5.60. The van der Waals surface area contributed by atoms with Crippen molar-refractivity contribution in [3.63, 3.8) is 0 Å². The average Bonchev–Trinajstić information content (AvgIpc) is 2.30. The van der Waals surface area contributed by atoms with Gasteiger partial charge in [0.1, 0.15) is 0 Å². The van der Waals surface area contributed by atoms with Crippen LogP contribution in [0.1, 0.15) is 18.5 Å². The highest BCUT2D eigenvalue weighted by molar-refractivity contribution is 6.28. The number of ether oxygens (including phenoxy) is 1. The minimum absolute atomic E-state index is 0.278. The maximum absolute atomic E-state index is 5.68. The molecule has 16 heavy (non-hydrogen) atoms. The Labute approximate surface area is 100 Å². The molecule has 0 radical (unpaired) electrons. The lowest BCUT2D eigenvalue weighted by molar-refractivity contribution is 0.0763. The average molecular weight is 242 g/mol. The Bertz CT molecular complexity index is 329. The Morgan fingerprint density at radius 2 is 2.50 bits per heavy atom. The van der Waals surface area contributed by atoms with E-state index in [1.54, 1.807) is 6.20 Å². The topological polar surface area (TPSA) is 47.0 Å². The molecule has 88 valence electrons. The smallest absolute Gasteiger partial charge is 0.222 e. The molecule has 0 aliphatic carbocycles. The van der Waals surface area contributed by atoms with Crippen LogP contribution in [-0.4, -0.2) is 29.7 Å². The molecule has 1 aliphatic heterocycles. The molecule has 1 aromatic rings. The summed E-state index contributed by atoms with van der Waals surface area (Å²) in [4.78, 5) is 7.90. The van der Waals surface area contributed by atoms with Crippen molar-refractivity contribution in [3.05, 3.63) is 23.2 Å². The Kier molecular flexibility index (Phi) is 4.51. The highest BCUT2D eigenvalue weighted by Gasteiger charge is 2.12. The summed E-state index contributed by atoms with van der Waals surface area (Å²) in [7, 11) is 0. The molecule has 2 rings (SSSR count). The third-order valence-corrected chi connectivity index (χ3v) is 2.87. The van der Waals surface area contributed by atoms with Gasteiger partial charge in [-0.25, -0.2) is 9.97 Å². The molecule has 0 unspecified atom stereocenters.